The second-order valence-corrected chi connectivity index (χ2v) is 18.9. The van der Waals surface area contributed by atoms with Crippen LogP contribution < -0.4 is 9.64 Å². The van der Waals surface area contributed by atoms with E-state index in [-0.39, 0.29) is 24.5 Å². The van der Waals surface area contributed by atoms with Crippen LogP contribution in [-0.2, 0) is 55.4 Å². The molecule has 3 aromatic rings. The average molecular weight is 879 g/mol. The zero-order valence-corrected chi connectivity index (χ0v) is 38.3. The highest BCUT2D eigenvalue weighted by Crippen LogP contribution is 2.68. The van der Waals surface area contributed by atoms with E-state index in [1.165, 1.54) is 26.7 Å². The van der Waals surface area contributed by atoms with Crippen molar-refractivity contribution in [3.05, 3.63) is 82.6 Å². The van der Waals surface area contributed by atoms with E-state index >= 15 is 4.79 Å². The summed E-state index contributed by atoms with van der Waals surface area (Å²) >= 11 is 0. The molecular formula is C50H62N4O10. The van der Waals surface area contributed by atoms with Gasteiger partial charge in [-0.15, -0.1) is 0 Å². The van der Waals surface area contributed by atoms with Crippen molar-refractivity contribution in [3.63, 3.8) is 0 Å². The van der Waals surface area contributed by atoms with Crippen LogP contribution in [0.1, 0.15) is 75.8 Å². The summed E-state index contributed by atoms with van der Waals surface area (Å²) in [5.41, 5.74) is -0.208. The van der Waals surface area contributed by atoms with Gasteiger partial charge in [0.1, 0.15) is 11.2 Å². The van der Waals surface area contributed by atoms with Gasteiger partial charge in [-0.25, -0.2) is 4.79 Å². The van der Waals surface area contributed by atoms with Crippen LogP contribution in [0.5, 0.6) is 5.75 Å². The number of aromatic nitrogens is 1. The Balaban J connectivity index is 1.38. The summed E-state index contributed by atoms with van der Waals surface area (Å²) in [6, 6.07) is 10.7. The van der Waals surface area contributed by atoms with E-state index in [0.717, 1.165) is 28.5 Å². The standard InChI is InChI=1S/C50H62N4O10/c1-9-30-21-31-25-49(45(57)61-7,40-34(33-15-12-13-16-37(33)51-40)22-32(41(56)63-11-3)28-53(26-30)27-31)36-23-35-38(24-39(36)60-6)52(5)43-48(35)18-20-54-19-14-17-47(10-2,42(48)54)44(64-29(4)55)50(43,59)46(58)62-8/h12-17,21,23-24,31-32,42-44,51,59H,9-11,18-20,22,25-28H2,1-8H3/t31-,32+,42-,43+,44+,47+,48+,49-,50-/m0/s1. The molecule has 0 amide bonds. The van der Waals surface area contributed by atoms with Gasteiger partial charge in [0.05, 0.1) is 39.9 Å². The monoisotopic (exact) mass is 878 g/mol. The van der Waals surface area contributed by atoms with Crippen LogP contribution in [0.3, 0.4) is 0 Å². The third kappa shape index (κ3) is 6.00. The van der Waals surface area contributed by atoms with Gasteiger partial charge in [0, 0.05) is 90.9 Å². The number of H-pyrrole nitrogens is 1. The Kier molecular flexibility index (Phi) is 11.1. The van der Waals surface area contributed by atoms with Gasteiger partial charge in [0.2, 0.25) is 5.60 Å². The molecule has 1 unspecified atom stereocenters. The third-order valence-corrected chi connectivity index (χ3v) is 15.9. The SMILES string of the molecule is CCOC(=O)[C@@H]1Cc2c([nH]c3ccccc23)[C@@](C(=O)OC)(c2cc3c(cc2OC)N(C)[C@H]2[C@@](O)(C(=O)OC)[C@H](OC(C)=O)[C@]4(CC)C=CCN5CC[C@]32[C@@H]54)C[C@@H]2C=C(CC)CN(C2)C1. The van der Waals surface area contributed by atoms with Crippen molar-refractivity contribution >= 4 is 40.5 Å². The number of nitrogens with one attached hydrogen (secondary N) is 1. The summed E-state index contributed by atoms with van der Waals surface area (Å²) in [5.74, 6) is -2.56. The first kappa shape index (κ1) is 44.0. The van der Waals surface area contributed by atoms with Crippen molar-refractivity contribution in [2.24, 2.45) is 17.3 Å². The molecule has 1 spiro atoms. The fourth-order valence-corrected chi connectivity index (χ4v) is 13.7. The Morgan fingerprint density at radius 2 is 1.73 bits per heavy atom. The molecule has 10 atom stereocenters. The number of rotatable bonds is 9. The molecule has 1 aliphatic carbocycles. The topological polar surface area (TPSA) is 160 Å². The second-order valence-electron chi connectivity index (χ2n) is 18.9. The largest absolute Gasteiger partial charge is 0.496 e. The van der Waals surface area contributed by atoms with Crippen LogP contribution in [0, 0.1) is 17.3 Å². The molecule has 2 N–H and O–H groups in total. The number of hydrogen-bond acceptors (Lipinski definition) is 13. The van der Waals surface area contributed by atoms with Gasteiger partial charge in [-0.3, -0.25) is 24.2 Å². The van der Waals surface area contributed by atoms with E-state index in [1.54, 1.807) is 7.11 Å². The molecule has 1 saturated carbocycles. The summed E-state index contributed by atoms with van der Waals surface area (Å²) < 4.78 is 29.9. The molecule has 64 heavy (non-hydrogen) atoms. The number of benzene rings is 2. The van der Waals surface area contributed by atoms with Gasteiger partial charge in [0.15, 0.2) is 6.10 Å². The van der Waals surface area contributed by atoms with E-state index in [0.29, 0.717) is 81.1 Å². The summed E-state index contributed by atoms with van der Waals surface area (Å²) in [4.78, 5) is 67.6. The van der Waals surface area contributed by atoms with Crippen molar-refractivity contribution in [2.75, 3.05) is 72.6 Å². The number of esters is 4. The smallest absolute Gasteiger partial charge is 0.344 e. The predicted molar refractivity (Wildman–Crippen MR) is 239 cm³/mol. The Bertz CT molecular complexity index is 2460. The number of likely N-dealkylation sites (N-methyl/N-ethyl adjacent to an activating group) is 1. The molecule has 6 heterocycles. The lowest BCUT2D eigenvalue weighted by Gasteiger charge is -2.63. The van der Waals surface area contributed by atoms with E-state index in [2.05, 4.69) is 33.8 Å². The Morgan fingerprint density at radius 1 is 0.969 bits per heavy atom. The summed E-state index contributed by atoms with van der Waals surface area (Å²) in [7, 11) is 6.11. The highest BCUT2D eigenvalue weighted by Gasteiger charge is 2.80. The van der Waals surface area contributed by atoms with E-state index in [1.807, 2.05) is 68.3 Å². The van der Waals surface area contributed by atoms with Gasteiger partial charge in [0.25, 0.3) is 0 Å². The molecule has 342 valence electrons. The number of fused-ring (bicyclic) bond motifs is 6. The minimum atomic E-state index is -2.33. The summed E-state index contributed by atoms with van der Waals surface area (Å²) in [6.07, 6.45) is 7.50. The predicted octanol–water partition coefficient (Wildman–Crippen LogP) is 4.98. The Morgan fingerprint density at radius 3 is 2.42 bits per heavy atom. The minimum Gasteiger partial charge on any atom is -0.496 e. The number of anilines is 1. The van der Waals surface area contributed by atoms with Crippen LogP contribution >= 0.6 is 0 Å². The third-order valence-electron chi connectivity index (χ3n) is 15.9. The molecule has 2 fully saturated rings. The van der Waals surface area contributed by atoms with Crippen LogP contribution in [-0.4, -0.2) is 135 Å². The number of nitrogens with zero attached hydrogens (tertiary/aromatic N) is 3. The molecule has 14 nitrogen and oxygen atoms in total. The number of methoxy groups -OCH3 is 3. The minimum absolute atomic E-state index is 0.156. The van der Waals surface area contributed by atoms with Crippen LogP contribution in [0.4, 0.5) is 5.69 Å². The van der Waals surface area contributed by atoms with Crippen LogP contribution in [0.2, 0.25) is 0 Å². The molecule has 6 aliphatic rings. The first-order chi connectivity index (χ1) is 30.7. The molecular weight excluding hydrogens is 817 g/mol. The number of hydrogen-bond donors (Lipinski definition) is 2. The van der Waals surface area contributed by atoms with Gasteiger partial charge >= 0.3 is 23.9 Å². The molecule has 9 rings (SSSR count). The molecule has 0 radical (unpaired) electrons. The quantitative estimate of drug-likeness (QED) is 0.169. The maximum absolute atomic E-state index is 15.6. The first-order valence-electron chi connectivity index (χ1n) is 22.9. The van der Waals surface area contributed by atoms with Crippen molar-refractivity contribution in [1.29, 1.82) is 0 Å². The number of para-hydroxylation sites is 1. The van der Waals surface area contributed by atoms with Crippen molar-refractivity contribution < 1.29 is 48.0 Å². The van der Waals surface area contributed by atoms with Gasteiger partial charge in [-0.1, -0.05) is 55.8 Å². The zero-order valence-electron chi connectivity index (χ0n) is 38.3. The van der Waals surface area contributed by atoms with Crippen LogP contribution in [0.25, 0.3) is 10.9 Å². The van der Waals surface area contributed by atoms with Gasteiger partial charge < -0.3 is 38.7 Å². The lowest BCUT2D eigenvalue weighted by atomic mass is 9.47. The highest BCUT2D eigenvalue weighted by molar-refractivity contribution is 5.95. The molecule has 2 aromatic carbocycles. The summed E-state index contributed by atoms with van der Waals surface area (Å²) in [5, 5.41) is 14.3. The van der Waals surface area contributed by atoms with Crippen LogP contribution in [0.15, 0.2) is 60.2 Å². The number of ether oxygens (including phenoxy) is 5. The molecule has 5 aliphatic heterocycles. The number of carbonyl (C=O) groups excluding carboxylic acids is 4. The molecule has 1 saturated heterocycles. The van der Waals surface area contributed by atoms with E-state index < -0.39 is 57.8 Å². The molecule has 2 bridgehead atoms. The number of carbonyl (C=O) groups is 4. The van der Waals surface area contributed by atoms with Crippen molar-refractivity contribution in [2.45, 2.75) is 94.4 Å². The summed E-state index contributed by atoms with van der Waals surface area (Å²) in [6.45, 7) is 10.6. The maximum Gasteiger partial charge on any atom is 0.344 e. The molecule has 14 heteroatoms. The first-order valence-corrected chi connectivity index (χ1v) is 22.9. The Labute approximate surface area is 374 Å². The zero-order chi connectivity index (χ0) is 45.5. The van der Waals surface area contributed by atoms with E-state index in [4.69, 9.17) is 23.7 Å². The number of aliphatic hydroxyl groups is 1. The van der Waals surface area contributed by atoms with Gasteiger partial charge in [-0.05, 0) is 74.8 Å². The molecule has 1 aromatic heterocycles. The lowest BCUT2D eigenvalue weighted by molar-refractivity contribution is -0.228. The van der Waals surface area contributed by atoms with E-state index in [9.17, 15) is 19.5 Å². The fraction of sp³-hybridized carbons (Fsp3) is 0.560. The normalized spacial score (nSPS) is 33.8. The maximum atomic E-state index is 15.6. The van der Waals surface area contributed by atoms with Gasteiger partial charge in [-0.2, -0.15) is 0 Å². The second kappa shape index (κ2) is 16.1. The fourth-order valence-electron chi connectivity index (χ4n) is 13.7. The lowest BCUT2D eigenvalue weighted by Crippen LogP contribution is -2.81. The number of aromatic amines is 1. The van der Waals surface area contributed by atoms with Crippen molar-refractivity contribution in [3.8, 4) is 5.75 Å². The van der Waals surface area contributed by atoms with Crippen molar-refractivity contribution in [1.82, 2.24) is 14.8 Å². The average Bonchev–Trinajstić information content (AvgIpc) is 3.95. The Hall–Kier alpha value is -5.18. The highest BCUT2D eigenvalue weighted by atomic mass is 16.6.